The van der Waals surface area contributed by atoms with E-state index in [9.17, 15) is 22.4 Å². The second-order valence-corrected chi connectivity index (χ2v) is 7.18. The van der Waals surface area contributed by atoms with Crippen LogP contribution in [0.3, 0.4) is 0 Å². The van der Waals surface area contributed by atoms with Gasteiger partial charge in [0.15, 0.2) is 6.29 Å². The SMILES string of the molecule is O=Cc1cc(C2=CC=C(OC(F)(F)F)CC2)ccc1OCCCCc1ccc(F)cc1. The van der Waals surface area contributed by atoms with Gasteiger partial charge in [-0.1, -0.05) is 24.3 Å². The van der Waals surface area contributed by atoms with E-state index in [1.165, 1.54) is 18.2 Å². The summed E-state index contributed by atoms with van der Waals surface area (Å²) < 4.78 is 59.5. The first-order valence-corrected chi connectivity index (χ1v) is 9.96. The molecule has 1 aliphatic carbocycles. The number of halogens is 4. The summed E-state index contributed by atoms with van der Waals surface area (Å²) in [4.78, 5) is 11.5. The van der Waals surface area contributed by atoms with Crippen LogP contribution in [0.15, 0.2) is 60.4 Å². The molecule has 2 aromatic rings. The predicted octanol–water partition coefficient (Wildman–Crippen LogP) is 6.64. The summed E-state index contributed by atoms with van der Waals surface area (Å²) in [6.45, 7) is 0.435. The van der Waals surface area contributed by atoms with E-state index in [-0.39, 0.29) is 18.0 Å². The maximum Gasteiger partial charge on any atom is 0.572 e. The van der Waals surface area contributed by atoms with E-state index in [2.05, 4.69) is 4.74 Å². The minimum Gasteiger partial charge on any atom is -0.493 e. The molecule has 3 rings (SSSR count). The highest BCUT2D eigenvalue weighted by molar-refractivity contribution is 5.82. The third-order valence-corrected chi connectivity index (χ3v) is 4.90. The largest absolute Gasteiger partial charge is 0.572 e. The minimum atomic E-state index is -4.69. The molecule has 3 nitrogen and oxygen atoms in total. The van der Waals surface area contributed by atoms with Crippen molar-refractivity contribution in [3.63, 3.8) is 0 Å². The van der Waals surface area contributed by atoms with Crippen LogP contribution in [0.1, 0.15) is 47.2 Å². The fourth-order valence-corrected chi connectivity index (χ4v) is 3.33. The monoisotopic (exact) mass is 434 g/mol. The quantitative estimate of drug-likeness (QED) is 0.252. The Morgan fingerprint density at radius 3 is 2.39 bits per heavy atom. The summed E-state index contributed by atoms with van der Waals surface area (Å²) in [5.74, 6) is 0.0769. The highest BCUT2D eigenvalue weighted by atomic mass is 19.4. The van der Waals surface area contributed by atoms with E-state index < -0.39 is 6.36 Å². The number of unbranched alkanes of at least 4 members (excludes halogenated alkanes) is 1. The third kappa shape index (κ3) is 6.98. The van der Waals surface area contributed by atoms with Gasteiger partial charge in [-0.2, -0.15) is 0 Å². The average Bonchev–Trinajstić information content (AvgIpc) is 2.74. The Morgan fingerprint density at radius 2 is 1.74 bits per heavy atom. The minimum absolute atomic E-state index is 0.132. The number of hydrogen-bond donors (Lipinski definition) is 0. The summed E-state index contributed by atoms with van der Waals surface area (Å²) in [5.41, 5.74) is 3.02. The van der Waals surface area contributed by atoms with Gasteiger partial charge in [-0.15, -0.1) is 13.2 Å². The van der Waals surface area contributed by atoms with Crippen LogP contribution in [0.4, 0.5) is 17.6 Å². The number of carbonyl (C=O) groups excluding carboxylic acids is 1. The van der Waals surface area contributed by atoms with Gasteiger partial charge in [0, 0.05) is 6.42 Å². The van der Waals surface area contributed by atoms with Gasteiger partial charge in [0.1, 0.15) is 17.3 Å². The van der Waals surface area contributed by atoms with Crippen molar-refractivity contribution in [2.45, 2.75) is 38.5 Å². The molecule has 0 saturated heterocycles. The van der Waals surface area contributed by atoms with E-state index >= 15 is 0 Å². The average molecular weight is 434 g/mol. The van der Waals surface area contributed by atoms with E-state index in [1.54, 1.807) is 36.4 Å². The Labute approximate surface area is 178 Å². The maximum atomic E-state index is 12.9. The molecule has 0 aliphatic heterocycles. The van der Waals surface area contributed by atoms with Gasteiger partial charge in [-0.05, 0) is 72.7 Å². The van der Waals surface area contributed by atoms with Crippen molar-refractivity contribution in [3.8, 4) is 5.75 Å². The zero-order valence-electron chi connectivity index (χ0n) is 16.8. The van der Waals surface area contributed by atoms with Gasteiger partial charge in [0.2, 0.25) is 0 Å². The van der Waals surface area contributed by atoms with Crippen LogP contribution in [-0.4, -0.2) is 19.3 Å². The summed E-state index contributed by atoms with van der Waals surface area (Å²) in [6, 6.07) is 11.5. The summed E-state index contributed by atoms with van der Waals surface area (Å²) in [7, 11) is 0. The molecule has 0 spiro atoms. The van der Waals surface area contributed by atoms with E-state index in [4.69, 9.17) is 4.74 Å². The molecule has 31 heavy (non-hydrogen) atoms. The van der Waals surface area contributed by atoms with Crippen molar-refractivity contribution in [3.05, 3.63) is 82.9 Å². The molecule has 0 atom stereocenters. The number of hydrogen-bond acceptors (Lipinski definition) is 3. The van der Waals surface area contributed by atoms with Crippen LogP contribution in [-0.2, 0) is 11.2 Å². The lowest BCUT2D eigenvalue weighted by Crippen LogP contribution is -2.13. The zero-order chi connectivity index (χ0) is 22.3. The van der Waals surface area contributed by atoms with Gasteiger partial charge in [-0.3, -0.25) is 4.79 Å². The van der Waals surface area contributed by atoms with Crippen LogP contribution >= 0.6 is 0 Å². The Morgan fingerprint density at radius 1 is 0.968 bits per heavy atom. The molecule has 2 aromatic carbocycles. The molecule has 0 amide bonds. The standard InChI is InChI=1S/C24H22F4O3/c25-21-9-4-17(5-10-21)3-1-2-14-30-23-13-8-19(15-20(23)16-29)18-6-11-22(12-7-18)31-24(26,27)28/h4-6,8-11,13,15-16H,1-3,7,12,14H2. The van der Waals surface area contributed by atoms with Crippen LogP contribution < -0.4 is 4.74 Å². The third-order valence-electron chi connectivity index (χ3n) is 4.90. The van der Waals surface area contributed by atoms with E-state index in [1.807, 2.05) is 0 Å². The first-order valence-electron chi connectivity index (χ1n) is 9.96. The molecule has 0 bridgehead atoms. The van der Waals surface area contributed by atoms with E-state index in [0.29, 0.717) is 30.6 Å². The molecule has 0 saturated carbocycles. The van der Waals surface area contributed by atoms with Gasteiger partial charge < -0.3 is 9.47 Å². The number of benzene rings is 2. The normalized spacial score (nSPS) is 13.9. The molecule has 0 unspecified atom stereocenters. The first-order chi connectivity index (χ1) is 14.8. The van der Waals surface area contributed by atoms with Gasteiger partial charge in [-0.25, -0.2) is 4.39 Å². The highest BCUT2D eigenvalue weighted by Gasteiger charge is 2.32. The zero-order valence-corrected chi connectivity index (χ0v) is 16.8. The molecule has 0 N–H and O–H groups in total. The van der Waals surface area contributed by atoms with Crippen molar-refractivity contribution in [2.24, 2.45) is 0 Å². The fraction of sp³-hybridized carbons (Fsp3) is 0.292. The lowest BCUT2D eigenvalue weighted by atomic mass is 9.95. The number of alkyl halides is 3. The van der Waals surface area contributed by atoms with Crippen molar-refractivity contribution in [1.29, 1.82) is 0 Å². The van der Waals surface area contributed by atoms with Crippen molar-refractivity contribution < 1.29 is 31.8 Å². The number of aryl methyl sites for hydroxylation is 1. The molecule has 7 heteroatoms. The second kappa shape index (κ2) is 10.3. The molecule has 164 valence electrons. The number of rotatable bonds is 9. The lowest BCUT2D eigenvalue weighted by Gasteiger charge is -2.18. The smallest absolute Gasteiger partial charge is 0.493 e. The Balaban J connectivity index is 1.54. The molecule has 1 aliphatic rings. The molecule has 0 heterocycles. The lowest BCUT2D eigenvalue weighted by molar-refractivity contribution is -0.306. The van der Waals surface area contributed by atoms with Crippen molar-refractivity contribution >= 4 is 11.9 Å². The fourth-order valence-electron chi connectivity index (χ4n) is 3.33. The van der Waals surface area contributed by atoms with Crippen LogP contribution in [0.2, 0.25) is 0 Å². The van der Waals surface area contributed by atoms with Crippen LogP contribution in [0, 0.1) is 5.82 Å². The highest BCUT2D eigenvalue weighted by Crippen LogP contribution is 2.32. The molecule has 0 radical (unpaired) electrons. The number of carbonyl (C=O) groups is 1. The molecular weight excluding hydrogens is 412 g/mol. The van der Waals surface area contributed by atoms with Crippen molar-refractivity contribution in [2.75, 3.05) is 6.61 Å². The van der Waals surface area contributed by atoms with Gasteiger partial charge >= 0.3 is 6.36 Å². The predicted molar refractivity (Wildman–Crippen MR) is 109 cm³/mol. The van der Waals surface area contributed by atoms with Crippen LogP contribution in [0.25, 0.3) is 5.57 Å². The summed E-state index contributed by atoms with van der Waals surface area (Å²) in [6.07, 6.45) is 1.84. The Bertz CT molecular complexity index is 960. The molecule has 0 aromatic heterocycles. The molecule has 0 fully saturated rings. The van der Waals surface area contributed by atoms with Crippen molar-refractivity contribution in [1.82, 2.24) is 0 Å². The topological polar surface area (TPSA) is 35.5 Å². The second-order valence-electron chi connectivity index (χ2n) is 7.18. The number of aldehydes is 1. The summed E-state index contributed by atoms with van der Waals surface area (Å²) >= 11 is 0. The van der Waals surface area contributed by atoms with Crippen LogP contribution in [0.5, 0.6) is 5.75 Å². The molecular formula is C24H22F4O3. The Hall–Kier alpha value is -3.09. The maximum absolute atomic E-state index is 12.9. The number of ether oxygens (including phenoxy) is 2. The Kier molecular flexibility index (Phi) is 7.50. The first kappa shape index (κ1) is 22.6. The van der Waals surface area contributed by atoms with Gasteiger partial charge in [0.05, 0.1) is 12.2 Å². The van der Waals surface area contributed by atoms with Gasteiger partial charge in [0.25, 0.3) is 0 Å². The van der Waals surface area contributed by atoms with E-state index in [0.717, 1.165) is 36.0 Å². The number of allylic oxidation sites excluding steroid dienone is 4. The summed E-state index contributed by atoms with van der Waals surface area (Å²) in [5, 5.41) is 0.